The van der Waals surface area contributed by atoms with Crippen LogP contribution in [0.3, 0.4) is 0 Å². The first-order valence-corrected chi connectivity index (χ1v) is 7.00. The first-order valence-electron chi connectivity index (χ1n) is 7.00. The molecule has 0 aliphatic heterocycles. The molecule has 1 heterocycles. The summed E-state index contributed by atoms with van der Waals surface area (Å²) < 4.78 is 6.08. The summed E-state index contributed by atoms with van der Waals surface area (Å²) in [4.78, 5) is 0. The van der Waals surface area contributed by atoms with E-state index in [9.17, 15) is 0 Å². The first-order chi connectivity index (χ1) is 8.76. The number of benzene rings is 1. The summed E-state index contributed by atoms with van der Waals surface area (Å²) in [6.07, 6.45) is 3.71. The van der Waals surface area contributed by atoms with E-state index < -0.39 is 0 Å². The molecule has 1 saturated carbocycles. The van der Waals surface area contributed by atoms with Crippen LogP contribution in [0.5, 0.6) is 0 Å². The van der Waals surface area contributed by atoms with Crippen molar-refractivity contribution in [1.29, 1.82) is 0 Å². The van der Waals surface area contributed by atoms with Gasteiger partial charge in [0.05, 0.1) is 6.54 Å². The molecule has 1 aromatic heterocycles. The van der Waals surface area contributed by atoms with Gasteiger partial charge in [0.2, 0.25) is 0 Å². The quantitative estimate of drug-likeness (QED) is 0.870. The third kappa shape index (κ3) is 1.76. The Kier molecular flexibility index (Phi) is 2.90. The Hall–Kier alpha value is -1.28. The van der Waals surface area contributed by atoms with Crippen LogP contribution in [0.4, 0.5) is 0 Å². The van der Waals surface area contributed by atoms with Crippen LogP contribution in [0.15, 0.2) is 22.6 Å². The SMILES string of the molecule is CCC(C)c1cccc2c(C3CC3)c(CN)oc12. The minimum Gasteiger partial charge on any atom is -0.459 e. The summed E-state index contributed by atoms with van der Waals surface area (Å²) in [6, 6.07) is 6.54. The molecule has 2 nitrogen and oxygen atoms in total. The molecule has 0 spiro atoms. The summed E-state index contributed by atoms with van der Waals surface area (Å²) >= 11 is 0. The van der Waals surface area contributed by atoms with Crippen molar-refractivity contribution in [2.45, 2.75) is 51.5 Å². The van der Waals surface area contributed by atoms with Crippen LogP contribution in [-0.2, 0) is 6.54 Å². The lowest BCUT2D eigenvalue weighted by Gasteiger charge is -2.09. The zero-order valence-corrected chi connectivity index (χ0v) is 11.2. The number of hydrogen-bond donors (Lipinski definition) is 1. The third-order valence-corrected chi connectivity index (χ3v) is 4.18. The van der Waals surface area contributed by atoms with Gasteiger partial charge in [0.15, 0.2) is 0 Å². The fraction of sp³-hybridized carbons (Fsp3) is 0.500. The van der Waals surface area contributed by atoms with E-state index in [1.165, 1.54) is 29.4 Å². The molecule has 0 saturated heterocycles. The summed E-state index contributed by atoms with van der Waals surface area (Å²) in [7, 11) is 0. The summed E-state index contributed by atoms with van der Waals surface area (Å²) in [6.45, 7) is 4.99. The highest BCUT2D eigenvalue weighted by molar-refractivity contribution is 5.86. The fourth-order valence-corrected chi connectivity index (χ4v) is 2.79. The molecule has 0 bridgehead atoms. The van der Waals surface area contributed by atoms with E-state index >= 15 is 0 Å². The van der Waals surface area contributed by atoms with E-state index in [-0.39, 0.29) is 0 Å². The highest BCUT2D eigenvalue weighted by atomic mass is 16.3. The monoisotopic (exact) mass is 243 g/mol. The highest BCUT2D eigenvalue weighted by Gasteiger charge is 2.31. The van der Waals surface area contributed by atoms with Gasteiger partial charge in [-0.25, -0.2) is 0 Å². The van der Waals surface area contributed by atoms with E-state index in [1.54, 1.807) is 0 Å². The molecule has 1 aliphatic carbocycles. The minimum absolute atomic E-state index is 0.514. The Balaban J connectivity index is 2.22. The average Bonchev–Trinajstić information content (AvgIpc) is 3.17. The van der Waals surface area contributed by atoms with Crippen LogP contribution in [0.25, 0.3) is 11.0 Å². The molecule has 0 amide bonds. The molecule has 1 unspecified atom stereocenters. The van der Waals surface area contributed by atoms with Gasteiger partial charge in [-0.05, 0) is 36.7 Å². The molecule has 1 atom stereocenters. The molecule has 3 rings (SSSR count). The zero-order valence-electron chi connectivity index (χ0n) is 11.2. The standard InChI is InChI=1S/C16H21NO/c1-3-10(2)12-5-4-6-13-15(11-7-8-11)14(9-17)18-16(12)13/h4-6,10-11H,3,7-9,17H2,1-2H3. The van der Waals surface area contributed by atoms with Gasteiger partial charge in [0.1, 0.15) is 11.3 Å². The predicted molar refractivity (Wildman–Crippen MR) is 74.8 cm³/mol. The van der Waals surface area contributed by atoms with Crippen molar-refractivity contribution in [2.75, 3.05) is 0 Å². The lowest BCUT2D eigenvalue weighted by atomic mass is 9.95. The maximum Gasteiger partial charge on any atom is 0.138 e. The molecule has 2 N–H and O–H groups in total. The van der Waals surface area contributed by atoms with Gasteiger partial charge in [-0.1, -0.05) is 32.0 Å². The van der Waals surface area contributed by atoms with Crippen molar-refractivity contribution < 1.29 is 4.42 Å². The molecule has 2 heteroatoms. The van der Waals surface area contributed by atoms with E-state index in [4.69, 9.17) is 10.2 Å². The Labute approximate surface area is 108 Å². The Morgan fingerprint density at radius 1 is 1.39 bits per heavy atom. The van der Waals surface area contributed by atoms with Crippen LogP contribution in [-0.4, -0.2) is 0 Å². The molecule has 2 aromatic rings. The Bertz CT molecular complexity index is 566. The number of rotatable bonds is 4. The summed E-state index contributed by atoms with van der Waals surface area (Å²) in [5.41, 5.74) is 9.64. The second-order valence-corrected chi connectivity index (χ2v) is 5.45. The molecule has 1 aliphatic rings. The smallest absolute Gasteiger partial charge is 0.138 e. The van der Waals surface area contributed by atoms with E-state index in [0.717, 1.165) is 17.8 Å². The van der Waals surface area contributed by atoms with Crippen LogP contribution in [0.2, 0.25) is 0 Å². The molecule has 1 fully saturated rings. The van der Waals surface area contributed by atoms with Gasteiger partial charge in [-0.2, -0.15) is 0 Å². The molecule has 1 aromatic carbocycles. The lowest BCUT2D eigenvalue weighted by Crippen LogP contribution is -1.97. The van der Waals surface area contributed by atoms with Gasteiger partial charge in [-0.3, -0.25) is 0 Å². The maximum absolute atomic E-state index is 6.08. The van der Waals surface area contributed by atoms with Crippen molar-refractivity contribution in [3.8, 4) is 0 Å². The van der Waals surface area contributed by atoms with E-state index in [2.05, 4.69) is 32.0 Å². The number of nitrogens with two attached hydrogens (primary N) is 1. The molecular formula is C16H21NO. The normalized spacial score (nSPS) is 17.3. The maximum atomic E-state index is 6.08. The van der Waals surface area contributed by atoms with Gasteiger partial charge in [-0.15, -0.1) is 0 Å². The topological polar surface area (TPSA) is 39.2 Å². The summed E-state index contributed by atoms with van der Waals surface area (Å²) in [5, 5.41) is 1.30. The largest absolute Gasteiger partial charge is 0.459 e. The number of fused-ring (bicyclic) bond motifs is 1. The molecule has 0 radical (unpaired) electrons. The van der Waals surface area contributed by atoms with Crippen molar-refractivity contribution >= 4 is 11.0 Å². The molecule has 18 heavy (non-hydrogen) atoms. The minimum atomic E-state index is 0.514. The average molecular weight is 243 g/mol. The first kappa shape index (κ1) is 11.8. The van der Waals surface area contributed by atoms with Crippen LogP contribution >= 0.6 is 0 Å². The van der Waals surface area contributed by atoms with Crippen LogP contribution < -0.4 is 5.73 Å². The van der Waals surface area contributed by atoms with Crippen LogP contribution in [0, 0.1) is 0 Å². The van der Waals surface area contributed by atoms with Gasteiger partial charge in [0.25, 0.3) is 0 Å². The summed E-state index contributed by atoms with van der Waals surface area (Å²) in [5.74, 6) is 2.23. The van der Waals surface area contributed by atoms with Gasteiger partial charge in [0, 0.05) is 10.9 Å². The van der Waals surface area contributed by atoms with E-state index in [0.29, 0.717) is 18.4 Å². The molecule has 96 valence electrons. The van der Waals surface area contributed by atoms with Gasteiger partial charge >= 0.3 is 0 Å². The second-order valence-electron chi connectivity index (χ2n) is 5.45. The predicted octanol–water partition coefficient (Wildman–Crippen LogP) is 4.28. The lowest BCUT2D eigenvalue weighted by molar-refractivity contribution is 0.538. The van der Waals surface area contributed by atoms with Crippen molar-refractivity contribution in [3.63, 3.8) is 0 Å². The van der Waals surface area contributed by atoms with Crippen molar-refractivity contribution in [2.24, 2.45) is 5.73 Å². The van der Waals surface area contributed by atoms with Crippen molar-refractivity contribution in [3.05, 3.63) is 35.1 Å². The van der Waals surface area contributed by atoms with Crippen LogP contribution in [0.1, 0.15) is 61.8 Å². The Morgan fingerprint density at radius 3 is 2.78 bits per heavy atom. The zero-order chi connectivity index (χ0) is 12.7. The van der Waals surface area contributed by atoms with E-state index in [1.807, 2.05) is 0 Å². The fourth-order valence-electron chi connectivity index (χ4n) is 2.79. The Morgan fingerprint density at radius 2 is 2.17 bits per heavy atom. The number of hydrogen-bond acceptors (Lipinski definition) is 2. The number of furan rings is 1. The third-order valence-electron chi connectivity index (χ3n) is 4.18. The highest BCUT2D eigenvalue weighted by Crippen LogP contribution is 2.47. The van der Waals surface area contributed by atoms with Gasteiger partial charge < -0.3 is 10.2 Å². The number of para-hydroxylation sites is 1. The second kappa shape index (κ2) is 4.43. The van der Waals surface area contributed by atoms with Crippen molar-refractivity contribution in [1.82, 2.24) is 0 Å². The molecular weight excluding hydrogens is 222 g/mol.